The highest BCUT2D eigenvalue weighted by Gasteiger charge is 2.51. The second-order valence-electron chi connectivity index (χ2n) is 13.6. The molecule has 4 bridgehead atoms. The van der Waals surface area contributed by atoms with Crippen LogP contribution < -0.4 is 14.4 Å². The molecule has 0 saturated heterocycles. The molecular weight excluding hydrogens is 574 g/mol. The maximum Gasteiger partial charge on any atom is 0.244 e. The monoisotopic (exact) mass is 623 g/mol. The molecule has 0 heterocycles. The average Bonchev–Trinajstić information content (AvgIpc) is 2.98. The van der Waals surface area contributed by atoms with Gasteiger partial charge in [-0.2, -0.15) is 0 Å². The van der Waals surface area contributed by atoms with E-state index in [0.29, 0.717) is 17.9 Å². The molecule has 4 saturated carbocycles. The van der Waals surface area contributed by atoms with Crippen molar-refractivity contribution in [2.24, 2.45) is 17.8 Å². The van der Waals surface area contributed by atoms with E-state index < -0.39 is 28.5 Å². The zero-order valence-electron chi connectivity index (χ0n) is 26.9. The van der Waals surface area contributed by atoms with E-state index in [4.69, 9.17) is 4.74 Å². The highest BCUT2D eigenvalue weighted by molar-refractivity contribution is 7.92. The molecule has 1 N–H and O–H groups in total. The van der Waals surface area contributed by atoms with Crippen LogP contribution in [0, 0.1) is 17.8 Å². The zero-order chi connectivity index (χ0) is 31.6. The molecule has 9 heteroatoms. The fourth-order valence-corrected chi connectivity index (χ4v) is 9.24. The number of amides is 2. The third-order valence-electron chi connectivity index (χ3n) is 10.4. The lowest BCUT2D eigenvalue weighted by Gasteiger charge is -2.57. The molecule has 6 rings (SSSR count). The highest BCUT2D eigenvalue weighted by Crippen LogP contribution is 2.60. The Labute approximate surface area is 263 Å². The van der Waals surface area contributed by atoms with Crippen molar-refractivity contribution in [2.45, 2.75) is 96.2 Å². The molecular formula is C35H49N3O5S. The van der Waals surface area contributed by atoms with E-state index in [1.807, 2.05) is 57.2 Å². The minimum atomic E-state index is -3.80. The van der Waals surface area contributed by atoms with Gasteiger partial charge in [-0.1, -0.05) is 38.1 Å². The first-order valence-corrected chi connectivity index (χ1v) is 18.1. The van der Waals surface area contributed by atoms with Crippen molar-refractivity contribution in [1.29, 1.82) is 0 Å². The summed E-state index contributed by atoms with van der Waals surface area (Å²) in [5.41, 5.74) is 2.75. The van der Waals surface area contributed by atoms with E-state index in [-0.39, 0.29) is 23.9 Å². The predicted molar refractivity (Wildman–Crippen MR) is 174 cm³/mol. The molecule has 8 nitrogen and oxygen atoms in total. The molecule has 0 aliphatic heterocycles. The molecule has 2 aromatic rings. The van der Waals surface area contributed by atoms with Crippen LogP contribution in [0.3, 0.4) is 0 Å². The summed E-state index contributed by atoms with van der Waals surface area (Å²) < 4.78 is 32.9. The van der Waals surface area contributed by atoms with Gasteiger partial charge in [0.1, 0.15) is 18.3 Å². The number of carbonyl (C=O) groups excluding carboxylic acids is 2. The summed E-state index contributed by atoms with van der Waals surface area (Å²) in [5, 5.41) is 3.01. The number of hydrogen-bond acceptors (Lipinski definition) is 5. The Hall–Kier alpha value is -3.07. The lowest BCUT2D eigenvalue weighted by Crippen LogP contribution is -2.53. The van der Waals surface area contributed by atoms with Gasteiger partial charge in [-0.25, -0.2) is 8.42 Å². The van der Waals surface area contributed by atoms with E-state index >= 15 is 0 Å². The summed E-state index contributed by atoms with van der Waals surface area (Å²) in [7, 11) is -2.22. The Balaban J connectivity index is 1.41. The number of nitrogens with zero attached hydrogens (tertiary/aromatic N) is 2. The molecule has 44 heavy (non-hydrogen) atoms. The van der Waals surface area contributed by atoms with Crippen LogP contribution in [0.25, 0.3) is 0 Å². The Morgan fingerprint density at radius 3 is 2.11 bits per heavy atom. The van der Waals surface area contributed by atoms with Crippen LogP contribution in [0.2, 0.25) is 0 Å². The molecule has 4 fully saturated rings. The number of carbonyl (C=O) groups is 2. The standard InChI is InChI=1S/C35H49N3O5S/c1-6-24(3)36-34(40)32(7-2)37(22-25-9-8-10-31(18-25)43-4)33(39)23-38(44(5,41)42)30-13-11-29(12-14-30)35-19-26-15-27(20-35)17-28(16-26)21-35/h8-14,18,24,26-28,32H,6-7,15-17,19-23H2,1-5H3,(H,36,40)/t24-,26?,27?,28?,32-,35?/m1/s1. The number of sulfonamides is 1. The topological polar surface area (TPSA) is 96.0 Å². The first-order valence-electron chi connectivity index (χ1n) is 16.3. The van der Waals surface area contributed by atoms with Crippen molar-refractivity contribution >= 4 is 27.5 Å². The largest absolute Gasteiger partial charge is 0.497 e. The molecule has 0 radical (unpaired) electrons. The number of hydrogen-bond donors (Lipinski definition) is 1. The summed E-state index contributed by atoms with van der Waals surface area (Å²) >= 11 is 0. The Morgan fingerprint density at radius 1 is 0.977 bits per heavy atom. The highest BCUT2D eigenvalue weighted by atomic mass is 32.2. The number of nitrogens with one attached hydrogen (secondary N) is 1. The quantitative estimate of drug-likeness (QED) is 0.311. The van der Waals surface area contributed by atoms with Gasteiger partial charge in [0.2, 0.25) is 21.8 Å². The van der Waals surface area contributed by atoms with Crippen LogP contribution >= 0.6 is 0 Å². The minimum absolute atomic E-state index is 0.0506. The van der Waals surface area contributed by atoms with E-state index in [9.17, 15) is 18.0 Å². The van der Waals surface area contributed by atoms with E-state index in [1.165, 1.54) is 53.3 Å². The van der Waals surface area contributed by atoms with Gasteiger partial charge in [-0.3, -0.25) is 13.9 Å². The fourth-order valence-electron chi connectivity index (χ4n) is 8.39. The van der Waals surface area contributed by atoms with Crippen molar-refractivity contribution in [1.82, 2.24) is 10.2 Å². The summed E-state index contributed by atoms with van der Waals surface area (Å²) in [4.78, 5) is 29.0. The van der Waals surface area contributed by atoms with Crippen LogP contribution in [0.15, 0.2) is 48.5 Å². The van der Waals surface area contributed by atoms with E-state index in [2.05, 4.69) is 17.4 Å². The molecule has 240 valence electrons. The van der Waals surface area contributed by atoms with Crippen LogP contribution in [-0.4, -0.2) is 57.1 Å². The predicted octanol–water partition coefficient (Wildman–Crippen LogP) is 5.65. The molecule has 0 unspecified atom stereocenters. The van der Waals surface area contributed by atoms with Crippen molar-refractivity contribution in [2.75, 3.05) is 24.2 Å². The number of anilines is 1. The van der Waals surface area contributed by atoms with Crippen molar-refractivity contribution in [3.8, 4) is 5.75 Å². The van der Waals surface area contributed by atoms with Gasteiger partial charge in [-0.05, 0) is 117 Å². The third-order valence-corrected chi connectivity index (χ3v) is 11.5. The van der Waals surface area contributed by atoms with Gasteiger partial charge in [0.05, 0.1) is 19.1 Å². The summed E-state index contributed by atoms with van der Waals surface area (Å²) in [6.45, 7) is 5.53. The van der Waals surface area contributed by atoms with Gasteiger partial charge < -0.3 is 15.0 Å². The maximum atomic E-state index is 14.1. The van der Waals surface area contributed by atoms with Gasteiger partial charge in [-0.15, -0.1) is 0 Å². The van der Waals surface area contributed by atoms with Crippen molar-refractivity contribution in [3.05, 3.63) is 59.7 Å². The lowest BCUT2D eigenvalue weighted by molar-refractivity contribution is -0.140. The number of rotatable bonds is 13. The smallest absolute Gasteiger partial charge is 0.244 e. The molecule has 4 aliphatic rings. The van der Waals surface area contributed by atoms with Gasteiger partial charge in [0, 0.05) is 12.6 Å². The van der Waals surface area contributed by atoms with Crippen LogP contribution in [0.4, 0.5) is 5.69 Å². The van der Waals surface area contributed by atoms with Gasteiger partial charge in [0.15, 0.2) is 0 Å². The van der Waals surface area contributed by atoms with Crippen LogP contribution in [-0.2, 0) is 31.6 Å². The second-order valence-corrected chi connectivity index (χ2v) is 15.5. The van der Waals surface area contributed by atoms with Gasteiger partial charge >= 0.3 is 0 Å². The number of ether oxygens (including phenoxy) is 1. The SMILES string of the molecule is CC[C@@H](C)NC(=O)[C@@H](CC)N(Cc1cccc(OC)c1)C(=O)CN(c1ccc(C23CC4CC(CC(C4)C2)C3)cc1)S(C)(=O)=O. The zero-order valence-corrected chi connectivity index (χ0v) is 27.7. The number of methoxy groups -OCH3 is 1. The molecule has 2 atom stereocenters. The molecule has 0 spiro atoms. The molecule has 4 aliphatic carbocycles. The van der Waals surface area contributed by atoms with E-state index in [1.54, 1.807) is 7.11 Å². The fraction of sp³-hybridized carbons (Fsp3) is 0.600. The average molecular weight is 624 g/mol. The van der Waals surface area contributed by atoms with Crippen LogP contribution in [0.5, 0.6) is 5.75 Å². The summed E-state index contributed by atoms with van der Waals surface area (Å²) in [6.07, 6.45) is 10.0. The molecule has 0 aromatic heterocycles. The minimum Gasteiger partial charge on any atom is -0.497 e. The first-order chi connectivity index (χ1) is 20.9. The Kier molecular flexibility index (Phi) is 9.64. The van der Waals surface area contributed by atoms with E-state index in [0.717, 1.165) is 36.0 Å². The third kappa shape index (κ3) is 6.93. The van der Waals surface area contributed by atoms with Crippen molar-refractivity contribution in [3.63, 3.8) is 0 Å². The molecule has 2 aromatic carbocycles. The Morgan fingerprint density at radius 2 is 1.59 bits per heavy atom. The second kappa shape index (κ2) is 13.1. The summed E-state index contributed by atoms with van der Waals surface area (Å²) in [5.74, 6) is 2.39. The maximum absolute atomic E-state index is 14.1. The number of benzene rings is 2. The van der Waals surface area contributed by atoms with Gasteiger partial charge in [0.25, 0.3) is 0 Å². The van der Waals surface area contributed by atoms with Crippen molar-refractivity contribution < 1.29 is 22.7 Å². The van der Waals surface area contributed by atoms with Crippen LogP contribution in [0.1, 0.15) is 83.3 Å². The summed E-state index contributed by atoms with van der Waals surface area (Å²) in [6, 6.07) is 14.5. The normalized spacial score (nSPS) is 25.2. The first kappa shape index (κ1) is 32.3. The Bertz CT molecular complexity index is 1410. The molecule has 2 amide bonds. The lowest BCUT2D eigenvalue weighted by atomic mass is 9.48.